The van der Waals surface area contributed by atoms with Crippen LogP contribution in [0, 0.1) is 16.0 Å². The first-order valence-corrected chi connectivity index (χ1v) is 16.4. The number of nitrogens with one attached hydrogen (secondary N) is 1. The van der Waals surface area contributed by atoms with Crippen molar-refractivity contribution >= 4 is 19.4 Å². The monoisotopic (exact) mass is 606 g/mol. The van der Waals surface area contributed by atoms with Crippen LogP contribution in [-0.4, -0.2) is 29.0 Å². The average molecular weight is 607 g/mol. The van der Waals surface area contributed by atoms with E-state index in [9.17, 15) is 19.5 Å². The highest BCUT2D eigenvalue weighted by atomic mass is 31.2. The van der Waals surface area contributed by atoms with Gasteiger partial charge in [0.1, 0.15) is 12.4 Å². The normalized spacial score (nSPS) is 17.4. The SMILES string of the molecule is CC(C)(C)OP(=O)(OCc1ccc([N+](=O)[O-])cc1)[C@@H](NC(=O)OCC1c2ccccc2-c2ccccc21)C1CCCCC1. The van der Waals surface area contributed by atoms with Crippen LogP contribution in [0.4, 0.5) is 10.5 Å². The van der Waals surface area contributed by atoms with E-state index < -0.39 is 30.0 Å². The van der Waals surface area contributed by atoms with Crippen LogP contribution in [0.5, 0.6) is 0 Å². The molecule has 2 aliphatic rings. The molecule has 1 N–H and O–H groups in total. The van der Waals surface area contributed by atoms with Crippen molar-refractivity contribution in [1.29, 1.82) is 0 Å². The van der Waals surface area contributed by atoms with Crippen molar-refractivity contribution in [2.75, 3.05) is 6.61 Å². The van der Waals surface area contributed by atoms with Crippen molar-refractivity contribution in [3.05, 3.63) is 99.6 Å². The number of non-ortho nitro benzene ring substituents is 1. The third-order valence-corrected chi connectivity index (χ3v) is 10.5. The molecule has 228 valence electrons. The summed E-state index contributed by atoms with van der Waals surface area (Å²) < 4.78 is 32.7. The van der Waals surface area contributed by atoms with Gasteiger partial charge in [-0.2, -0.15) is 0 Å². The Balaban J connectivity index is 1.35. The fourth-order valence-electron chi connectivity index (χ4n) is 6.09. The zero-order valence-corrected chi connectivity index (χ0v) is 25.8. The van der Waals surface area contributed by atoms with Gasteiger partial charge in [0.15, 0.2) is 0 Å². The van der Waals surface area contributed by atoms with Gasteiger partial charge in [-0.15, -0.1) is 0 Å². The fraction of sp³-hybridized carbons (Fsp3) is 0.424. The molecule has 0 radical (unpaired) electrons. The minimum Gasteiger partial charge on any atom is -0.449 e. The number of fused-ring (bicyclic) bond motifs is 3. The second-order valence-electron chi connectivity index (χ2n) is 12.3. The van der Waals surface area contributed by atoms with Gasteiger partial charge in [0.25, 0.3) is 5.69 Å². The standard InChI is InChI=1S/C33H39N2O7P/c1-33(2,3)42-43(39,41-21-23-17-19-25(20-18-23)35(37)38)31(24-11-5-4-6-12-24)34-32(36)40-22-30-28-15-9-7-13-26(28)27-14-8-10-16-29(27)30/h7-10,13-20,24,30-31H,4-6,11-12,21-22H2,1-3H3,(H,34,36)/t31-,43?/m1/s1. The van der Waals surface area contributed by atoms with Crippen LogP contribution < -0.4 is 5.32 Å². The van der Waals surface area contributed by atoms with Gasteiger partial charge in [0.2, 0.25) is 0 Å². The molecule has 0 spiro atoms. The smallest absolute Gasteiger partial charge is 0.407 e. The van der Waals surface area contributed by atoms with Crippen molar-refractivity contribution in [3.63, 3.8) is 0 Å². The summed E-state index contributed by atoms with van der Waals surface area (Å²) in [5.74, 6) is -1.15. The molecule has 2 aliphatic carbocycles. The number of carbonyl (C=O) groups is 1. The summed E-state index contributed by atoms with van der Waals surface area (Å²) in [7, 11) is -3.97. The quantitative estimate of drug-likeness (QED) is 0.140. The molecule has 1 amide bonds. The Bertz CT molecular complexity index is 1450. The van der Waals surface area contributed by atoms with Gasteiger partial charge in [-0.25, -0.2) is 4.79 Å². The van der Waals surface area contributed by atoms with Crippen LogP contribution in [0.3, 0.4) is 0 Å². The van der Waals surface area contributed by atoms with Crippen molar-refractivity contribution in [2.45, 2.75) is 76.8 Å². The van der Waals surface area contributed by atoms with E-state index in [4.69, 9.17) is 13.8 Å². The summed E-state index contributed by atoms with van der Waals surface area (Å²) in [5, 5.41) is 14.0. The molecule has 1 saturated carbocycles. The zero-order chi connectivity index (χ0) is 30.6. The number of amides is 1. The van der Waals surface area contributed by atoms with Crippen LogP contribution in [0.25, 0.3) is 11.1 Å². The third kappa shape index (κ3) is 7.35. The lowest BCUT2D eigenvalue weighted by Crippen LogP contribution is -2.43. The van der Waals surface area contributed by atoms with Crippen LogP contribution >= 0.6 is 7.60 Å². The van der Waals surface area contributed by atoms with Gasteiger partial charge in [-0.3, -0.25) is 14.7 Å². The first-order valence-electron chi connectivity index (χ1n) is 14.8. The van der Waals surface area contributed by atoms with Crippen molar-refractivity contribution < 1.29 is 28.1 Å². The highest BCUT2D eigenvalue weighted by Gasteiger charge is 2.46. The van der Waals surface area contributed by atoms with Gasteiger partial charge in [-0.05, 0) is 79.5 Å². The highest BCUT2D eigenvalue weighted by molar-refractivity contribution is 7.54. The van der Waals surface area contributed by atoms with Gasteiger partial charge in [-0.1, -0.05) is 67.8 Å². The predicted molar refractivity (Wildman–Crippen MR) is 165 cm³/mol. The molecule has 0 heterocycles. The summed E-state index contributed by atoms with van der Waals surface area (Å²) >= 11 is 0. The van der Waals surface area contributed by atoms with Crippen LogP contribution in [0.2, 0.25) is 0 Å². The number of ether oxygens (including phenoxy) is 1. The minimum atomic E-state index is -3.97. The second kappa shape index (κ2) is 13.0. The largest absolute Gasteiger partial charge is 0.449 e. The van der Waals surface area contributed by atoms with Crippen molar-refractivity contribution in [3.8, 4) is 11.1 Å². The van der Waals surface area contributed by atoms with Crippen LogP contribution in [0.1, 0.15) is 75.5 Å². The van der Waals surface area contributed by atoms with E-state index in [-0.39, 0.29) is 30.7 Å². The van der Waals surface area contributed by atoms with Crippen molar-refractivity contribution in [2.24, 2.45) is 5.92 Å². The van der Waals surface area contributed by atoms with Crippen molar-refractivity contribution in [1.82, 2.24) is 5.32 Å². The number of hydrogen-bond donors (Lipinski definition) is 1. The molecule has 1 fully saturated rings. The van der Waals surface area contributed by atoms with E-state index in [0.717, 1.165) is 54.4 Å². The first-order chi connectivity index (χ1) is 20.5. The number of hydrogen-bond acceptors (Lipinski definition) is 7. The Morgan fingerprint density at radius 1 is 0.953 bits per heavy atom. The molecule has 2 atom stereocenters. The number of rotatable bonds is 10. The number of benzene rings is 3. The van der Waals surface area contributed by atoms with Crippen LogP contribution in [-0.2, 0) is 25.0 Å². The van der Waals surface area contributed by atoms with Gasteiger partial charge >= 0.3 is 13.7 Å². The second-order valence-corrected chi connectivity index (χ2v) is 14.3. The molecule has 0 bridgehead atoms. The lowest BCUT2D eigenvalue weighted by atomic mass is 9.89. The summed E-state index contributed by atoms with van der Waals surface area (Å²) in [6.07, 6.45) is 3.84. The molecule has 3 aromatic carbocycles. The minimum absolute atomic E-state index is 0.0464. The Labute approximate surface area is 252 Å². The topological polar surface area (TPSA) is 117 Å². The predicted octanol–water partition coefficient (Wildman–Crippen LogP) is 8.56. The van der Waals surface area contributed by atoms with E-state index in [1.807, 2.05) is 24.3 Å². The number of nitro groups is 1. The molecular weight excluding hydrogens is 567 g/mol. The maximum absolute atomic E-state index is 14.7. The molecule has 10 heteroatoms. The van der Waals surface area contributed by atoms with Crippen LogP contribution in [0.15, 0.2) is 72.8 Å². The van der Waals surface area contributed by atoms with E-state index in [1.165, 1.54) is 12.1 Å². The molecular formula is C33H39N2O7P. The molecule has 0 saturated heterocycles. The molecule has 3 aromatic rings. The Kier molecular flexibility index (Phi) is 9.35. The molecule has 43 heavy (non-hydrogen) atoms. The average Bonchev–Trinajstić information content (AvgIpc) is 3.31. The first kappa shape index (κ1) is 30.9. The lowest BCUT2D eigenvalue weighted by Gasteiger charge is -2.37. The fourth-order valence-corrected chi connectivity index (χ4v) is 8.59. The molecule has 0 aromatic heterocycles. The Hall–Kier alpha value is -3.52. The van der Waals surface area contributed by atoms with E-state index in [2.05, 4.69) is 29.6 Å². The Morgan fingerprint density at radius 2 is 1.53 bits per heavy atom. The summed E-state index contributed by atoms with van der Waals surface area (Å²) in [6.45, 7) is 5.41. The molecule has 5 rings (SSSR count). The molecule has 0 aliphatic heterocycles. The number of alkyl carbamates (subject to hydrolysis) is 1. The molecule has 1 unspecified atom stereocenters. The number of carbonyl (C=O) groups excluding carboxylic acids is 1. The zero-order valence-electron chi connectivity index (χ0n) is 24.9. The van der Waals surface area contributed by atoms with Gasteiger partial charge in [0, 0.05) is 18.1 Å². The Morgan fingerprint density at radius 3 is 2.09 bits per heavy atom. The van der Waals surface area contributed by atoms with Gasteiger partial charge in [0.05, 0.1) is 17.1 Å². The molecule has 9 nitrogen and oxygen atoms in total. The maximum atomic E-state index is 14.7. The third-order valence-electron chi connectivity index (χ3n) is 8.01. The lowest BCUT2D eigenvalue weighted by molar-refractivity contribution is -0.384. The summed E-state index contributed by atoms with van der Waals surface area (Å²) in [5.41, 5.74) is 4.20. The maximum Gasteiger partial charge on any atom is 0.407 e. The number of nitrogens with zero attached hydrogens (tertiary/aromatic N) is 1. The summed E-state index contributed by atoms with van der Waals surface area (Å²) in [4.78, 5) is 24.0. The van der Waals surface area contributed by atoms with E-state index in [1.54, 1.807) is 32.9 Å². The van der Waals surface area contributed by atoms with Gasteiger partial charge < -0.3 is 19.1 Å². The highest BCUT2D eigenvalue weighted by Crippen LogP contribution is 2.59. The number of nitro benzene ring substituents is 1. The van der Waals surface area contributed by atoms with E-state index >= 15 is 0 Å². The van der Waals surface area contributed by atoms with E-state index in [0.29, 0.717) is 5.56 Å². The summed E-state index contributed by atoms with van der Waals surface area (Å²) in [6, 6.07) is 22.1.